The van der Waals surface area contributed by atoms with Crippen molar-refractivity contribution in [3.05, 3.63) is 0 Å². The summed E-state index contributed by atoms with van der Waals surface area (Å²) in [5.74, 6) is -0.303. The number of carboxylic acid groups (broad SMARTS) is 1. The molecule has 0 saturated heterocycles. The lowest BCUT2D eigenvalue weighted by molar-refractivity contribution is -0.151. The Labute approximate surface area is 221 Å². The molecule has 0 spiro atoms. The van der Waals surface area contributed by atoms with Crippen molar-refractivity contribution in [1.29, 1.82) is 0 Å². The van der Waals surface area contributed by atoms with E-state index in [1.807, 2.05) is 6.92 Å². The molecule has 0 rings (SSSR count). The third-order valence-electron chi connectivity index (χ3n) is 8.62. The molecule has 0 fully saturated rings. The van der Waals surface area contributed by atoms with Gasteiger partial charge in [-0.25, -0.2) is 0 Å². The summed E-state index contributed by atoms with van der Waals surface area (Å²) in [4.78, 5) is 12.1. The number of carboxylic acids is 1. The van der Waals surface area contributed by atoms with E-state index in [4.69, 9.17) is 0 Å². The number of hydrogen-bond acceptors (Lipinski definition) is 1. The molecule has 2 heteroatoms. The van der Waals surface area contributed by atoms with Crippen molar-refractivity contribution in [2.24, 2.45) is 11.3 Å². The molecule has 0 aromatic carbocycles. The maximum absolute atomic E-state index is 12.1. The Morgan fingerprint density at radius 3 is 1.14 bits per heavy atom. The molecule has 0 aliphatic heterocycles. The van der Waals surface area contributed by atoms with E-state index in [0.717, 1.165) is 19.3 Å². The van der Waals surface area contributed by atoms with E-state index >= 15 is 0 Å². The Morgan fingerprint density at radius 1 is 0.543 bits per heavy atom. The van der Waals surface area contributed by atoms with Crippen LogP contribution < -0.4 is 0 Å². The highest BCUT2D eigenvalue weighted by Gasteiger charge is 2.37. The minimum Gasteiger partial charge on any atom is -0.481 e. The van der Waals surface area contributed by atoms with Crippen LogP contribution >= 0.6 is 0 Å². The SMILES string of the molecule is CCCCCCCCCCCCCCCC(C)C(C)(CCCCCCCCCCCCC)C(=O)O. The molecule has 0 aromatic heterocycles. The first-order chi connectivity index (χ1) is 17.0. The van der Waals surface area contributed by atoms with Crippen molar-refractivity contribution in [2.45, 2.75) is 195 Å². The summed E-state index contributed by atoms with van der Waals surface area (Å²) in [6, 6.07) is 0. The number of unbranched alkanes of at least 4 members (excludes halogenated alkanes) is 22. The Balaban J connectivity index is 3.74. The third-order valence-corrected chi connectivity index (χ3v) is 8.62. The molecule has 210 valence electrons. The molecule has 0 heterocycles. The van der Waals surface area contributed by atoms with Gasteiger partial charge in [0, 0.05) is 0 Å². The summed E-state index contributed by atoms with van der Waals surface area (Å²) in [5, 5.41) is 9.97. The van der Waals surface area contributed by atoms with Gasteiger partial charge in [-0.2, -0.15) is 0 Å². The third kappa shape index (κ3) is 20.2. The van der Waals surface area contributed by atoms with Gasteiger partial charge in [-0.05, 0) is 25.7 Å². The molecule has 0 aliphatic rings. The molecule has 35 heavy (non-hydrogen) atoms. The summed E-state index contributed by atoms with van der Waals surface area (Å²) >= 11 is 0. The summed E-state index contributed by atoms with van der Waals surface area (Å²) in [6.45, 7) is 8.76. The van der Waals surface area contributed by atoms with Gasteiger partial charge in [-0.3, -0.25) is 4.79 Å². The highest BCUT2D eigenvalue weighted by molar-refractivity contribution is 5.74. The zero-order valence-electron chi connectivity index (χ0n) is 24.8. The van der Waals surface area contributed by atoms with E-state index in [1.54, 1.807) is 0 Å². The molecule has 1 N–H and O–H groups in total. The highest BCUT2D eigenvalue weighted by atomic mass is 16.4. The average molecular weight is 495 g/mol. The quantitative estimate of drug-likeness (QED) is 0.110. The van der Waals surface area contributed by atoms with Crippen LogP contribution in [0.1, 0.15) is 195 Å². The normalized spacial score (nSPS) is 14.2. The fourth-order valence-corrected chi connectivity index (χ4v) is 5.51. The molecule has 0 saturated carbocycles. The summed E-state index contributed by atoms with van der Waals surface area (Å²) in [6.07, 6.45) is 34.3. The van der Waals surface area contributed by atoms with Gasteiger partial charge in [0.05, 0.1) is 5.41 Å². The Kier molecular flexibility index (Phi) is 24.8. The molecule has 2 nitrogen and oxygen atoms in total. The Morgan fingerprint density at radius 2 is 0.829 bits per heavy atom. The smallest absolute Gasteiger partial charge is 0.309 e. The van der Waals surface area contributed by atoms with Crippen molar-refractivity contribution < 1.29 is 9.90 Å². The summed E-state index contributed by atoms with van der Waals surface area (Å²) in [5.41, 5.74) is -0.545. The minimum atomic E-state index is -0.577. The van der Waals surface area contributed by atoms with Gasteiger partial charge >= 0.3 is 5.97 Å². The van der Waals surface area contributed by atoms with Gasteiger partial charge in [-0.1, -0.05) is 175 Å². The van der Waals surface area contributed by atoms with Crippen LogP contribution in [0.5, 0.6) is 0 Å². The van der Waals surface area contributed by atoms with Gasteiger partial charge in [-0.15, -0.1) is 0 Å². The predicted octanol–water partition coefficient (Wildman–Crippen LogP) is 11.9. The molecule has 0 aromatic rings. The van der Waals surface area contributed by atoms with Crippen molar-refractivity contribution in [3.63, 3.8) is 0 Å². The highest BCUT2D eigenvalue weighted by Crippen LogP contribution is 2.37. The van der Waals surface area contributed by atoms with Crippen LogP contribution in [-0.4, -0.2) is 11.1 Å². The number of aliphatic carboxylic acids is 1. The lowest BCUT2D eigenvalue weighted by atomic mass is 9.72. The fourth-order valence-electron chi connectivity index (χ4n) is 5.51. The summed E-state index contributed by atoms with van der Waals surface area (Å²) in [7, 11) is 0. The number of carbonyl (C=O) groups is 1. The zero-order chi connectivity index (χ0) is 26.0. The average Bonchev–Trinajstić information content (AvgIpc) is 2.84. The van der Waals surface area contributed by atoms with E-state index in [9.17, 15) is 9.90 Å². The molecule has 2 atom stereocenters. The van der Waals surface area contributed by atoms with Gasteiger partial charge in [0.2, 0.25) is 0 Å². The van der Waals surface area contributed by atoms with Crippen molar-refractivity contribution >= 4 is 5.97 Å². The summed E-state index contributed by atoms with van der Waals surface area (Å²) < 4.78 is 0. The molecular weight excluding hydrogens is 428 g/mol. The lowest BCUT2D eigenvalue weighted by Crippen LogP contribution is -2.34. The largest absolute Gasteiger partial charge is 0.481 e. The van der Waals surface area contributed by atoms with Crippen molar-refractivity contribution in [1.82, 2.24) is 0 Å². The second-order valence-corrected chi connectivity index (χ2v) is 11.9. The van der Waals surface area contributed by atoms with Crippen LogP contribution in [0, 0.1) is 11.3 Å². The van der Waals surface area contributed by atoms with Crippen LogP contribution in [0.4, 0.5) is 0 Å². The van der Waals surface area contributed by atoms with E-state index in [0.29, 0.717) is 0 Å². The first-order valence-corrected chi connectivity index (χ1v) is 16.2. The fraction of sp³-hybridized carbons (Fsp3) is 0.970. The maximum Gasteiger partial charge on any atom is 0.309 e. The second-order valence-electron chi connectivity index (χ2n) is 11.9. The van der Waals surface area contributed by atoms with Crippen LogP contribution in [0.15, 0.2) is 0 Å². The molecule has 0 amide bonds. The van der Waals surface area contributed by atoms with Gasteiger partial charge in [0.1, 0.15) is 0 Å². The van der Waals surface area contributed by atoms with E-state index in [2.05, 4.69) is 20.8 Å². The Hall–Kier alpha value is -0.530. The zero-order valence-corrected chi connectivity index (χ0v) is 24.8. The Bertz CT molecular complexity index is 446. The monoisotopic (exact) mass is 495 g/mol. The van der Waals surface area contributed by atoms with E-state index < -0.39 is 11.4 Å². The van der Waals surface area contributed by atoms with Crippen LogP contribution in [0.2, 0.25) is 0 Å². The van der Waals surface area contributed by atoms with Crippen LogP contribution in [-0.2, 0) is 4.79 Å². The molecule has 0 aliphatic carbocycles. The van der Waals surface area contributed by atoms with Crippen LogP contribution in [0.3, 0.4) is 0 Å². The number of hydrogen-bond donors (Lipinski definition) is 1. The first-order valence-electron chi connectivity index (χ1n) is 16.2. The standard InChI is InChI=1S/C33H66O2/c1-5-7-9-11-13-15-17-18-19-21-23-25-27-29-31(3)33(4,32(34)35)30-28-26-24-22-20-16-14-12-10-8-6-2/h31H,5-30H2,1-4H3,(H,34,35). The van der Waals surface area contributed by atoms with E-state index in [-0.39, 0.29) is 5.92 Å². The number of rotatable bonds is 28. The molecule has 2 unspecified atom stereocenters. The van der Waals surface area contributed by atoms with Gasteiger partial charge in [0.15, 0.2) is 0 Å². The first kappa shape index (κ1) is 34.5. The van der Waals surface area contributed by atoms with Gasteiger partial charge < -0.3 is 5.11 Å². The topological polar surface area (TPSA) is 37.3 Å². The molecular formula is C33H66O2. The molecule has 0 radical (unpaired) electrons. The van der Waals surface area contributed by atoms with E-state index in [1.165, 1.54) is 148 Å². The lowest BCUT2D eigenvalue weighted by Gasteiger charge is -2.32. The van der Waals surface area contributed by atoms with Crippen molar-refractivity contribution in [3.8, 4) is 0 Å². The van der Waals surface area contributed by atoms with Gasteiger partial charge in [0.25, 0.3) is 0 Å². The minimum absolute atomic E-state index is 0.274. The predicted molar refractivity (Wildman–Crippen MR) is 156 cm³/mol. The maximum atomic E-state index is 12.1. The van der Waals surface area contributed by atoms with Crippen molar-refractivity contribution in [2.75, 3.05) is 0 Å². The molecule has 0 bridgehead atoms. The van der Waals surface area contributed by atoms with Crippen LogP contribution in [0.25, 0.3) is 0 Å². The second kappa shape index (κ2) is 25.1.